The molecule has 2 heterocycles. The zero-order chi connectivity index (χ0) is 20.4. The molecule has 2 aliphatic heterocycles. The normalized spacial score (nSPS) is 39.1. The quantitative estimate of drug-likeness (QED) is 0.533. The van der Waals surface area contributed by atoms with E-state index in [-0.39, 0.29) is 11.9 Å². The van der Waals surface area contributed by atoms with E-state index in [4.69, 9.17) is 5.73 Å². The first kappa shape index (κ1) is 21.6. The van der Waals surface area contributed by atoms with Crippen molar-refractivity contribution in [2.75, 3.05) is 26.2 Å². The maximum absolute atomic E-state index is 13.4. The van der Waals surface area contributed by atoms with Gasteiger partial charge < -0.3 is 26.0 Å². The molecule has 6 atom stereocenters. The van der Waals surface area contributed by atoms with Gasteiger partial charge in [-0.25, -0.2) is 0 Å². The van der Waals surface area contributed by atoms with E-state index in [0.29, 0.717) is 23.7 Å². The van der Waals surface area contributed by atoms with E-state index in [9.17, 15) is 14.8 Å². The minimum atomic E-state index is -1.21. The number of likely N-dealkylation sites (tertiary alicyclic amines) is 1. The average Bonchev–Trinajstić information content (AvgIpc) is 2.78. The molecule has 2 saturated heterocycles. The molecule has 0 aromatic carbocycles. The Morgan fingerprint density at radius 1 is 0.966 bits per heavy atom. The number of amides is 1. The molecule has 4 fully saturated rings. The zero-order valence-corrected chi connectivity index (χ0v) is 17.8. The van der Waals surface area contributed by atoms with Crippen LogP contribution in [0.5, 0.6) is 0 Å². The van der Waals surface area contributed by atoms with Gasteiger partial charge in [0.15, 0.2) is 0 Å². The minimum absolute atomic E-state index is 0.0197. The average molecular weight is 405 g/mol. The molecule has 4 rings (SSSR count). The van der Waals surface area contributed by atoms with Crippen LogP contribution in [0, 0.1) is 29.6 Å². The third-order valence-corrected chi connectivity index (χ3v) is 8.75. The number of nitrogens with one attached hydrogen (secondary N) is 1. The van der Waals surface area contributed by atoms with Crippen molar-refractivity contribution in [1.82, 2.24) is 10.2 Å². The van der Waals surface area contributed by atoms with Crippen molar-refractivity contribution in [3.8, 4) is 0 Å². The van der Waals surface area contributed by atoms with Crippen LogP contribution in [0.4, 0.5) is 0 Å². The fraction of sp³-hybridized carbons (Fsp3) is 0.955. The van der Waals surface area contributed by atoms with Gasteiger partial charge in [0, 0.05) is 13.1 Å². The highest BCUT2D eigenvalue weighted by Gasteiger charge is 2.44. The monoisotopic (exact) mass is 405 g/mol. The lowest BCUT2D eigenvalue weighted by Gasteiger charge is -2.46. The summed E-state index contributed by atoms with van der Waals surface area (Å²) in [4.78, 5) is 15.5. The van der Waals surface area contributed by atoms with Crippen molar-refractivity contribution in [3.63, 3.8) is 0 Å². The highest BCUT2D eigenvalue weighted by Crippen LogP contribution is 2.43. The second-order valence-electron chi connectivity index (χ2n) is 10.3. The summed E-state index contributed by atoms with van der Waals surface area (Å²) in [5.41, 5.74) is 5.93. The lowest BCUT2D eigenvalue weighted by molar-refractivity contribution is -0.138. The number of carbonyl (C=O) groups is 1. The summed E-state index contributed by atoms with van der Waals surface area (Å²) in [5, 5.41) is 22.7. The van der Waals surface area contributed by atoms with Gasteiger partial charge in [0.25, 0.3) is 0 Å². The standard InChI is InChI=1S/C22H40BN3O3/c24-14-15-2-1-3-17(12-15)16-7-10-26(11-8-16)22(27)21-20-5-4-19(23(28)29)13-18(20)6-9-25-21/h15-21,25,28-29H,1-14,24H2. The molecule has 0 aromatic rings. The first-order valence-corrected chi connectivity index (χ1v) is 12.1. The molecule has 7 heteroatoms. The van der Waals surface area contributed by atoms with Crippen LogP contribution in [-0.2, 0) is 4.79 Å². The molecule has 29 heavy (non-hydrogen) atoms. The smallest absolute Gasteiger partial charge is 0.427 e. The second-order valence-corrected chi connectivity index (χ2v) is 10.3. The Bertz CT molecular complexity index is 555. The van der Waals surface area contributed by atoms with Crippen LogP contribution in [0.2, 0.25) is 5.82 Å². The number of rotatable bonds is 4. The van der Waals surface area contributed by atoms with Crippen molar-refractivity contribution in [2.24, 2.45) is 35.3 Å². The Kier molecular flexibility index (Phi) is 7.20. The van der Waals surface area contributed by atoms with E-state index in [1.54, 1.807) is 0 Å². The van der Waals surface area contributed by atoms with Crippen LogP contribution in [0.3, 0.4) is 0 Å². The number of piperidine rings is 2. The van der Waals surface area contributed by atoms with Crippen LogP contribution in [0.25, 0.3) is 0 Å². The lowest BCUT2D eigenvalue weighted by atomic mass is 9.57. The van der Waals surface area contributed by atoms with Crippen molar-refractivity contribution in [3.05, 3.63) is 0 Å². The molecule has 6 nitrogen and oxygen atoms in total. The summed E-state index contributed by atoms with van der Waals surface area (Å²) in [6.45, 7) is 3.50. The molecule has 2 aliphatic carbocycles. The van der Waals surface area contributed by atoms with Crippen molar-refractivity contribution >= 4 is 13.0 Å². The van der Waals surface area contributed by atoms with Crippen LogP contribution in [0.15, 0.2) is 0 Å². The van der Waals surface area contributed by atoms with Crippen LogP contribution in [-0.4, -0.2) is 60.2 Å². The van der Waals surface area contributed by atoms with Gasteiger partial charge in [0.2, 0.25) is 5.91 Å². The molecule has 2 saturated carbocycles. The van der Waals surface area contributed by atoms with Gasteiger partial charge in [-0.1, -0.05) is 19.3 Å². The molecule has 6 unspecified atom stereocenters. The first-order valence-electron chi connectivity index (χ1n) is 12.1. The number of nitrogens with zero attached hydrogens (tertiary/aromatic N) is 1. The third kappa shape index (κ3) is 4.84. The van der Waals surface area contributed by atoms with Gasteiger partial charge in [-0.15, -0.1) is 0 Å². The molecule has 0 bridgehead atoms. The molecule has 5 N–H and O–H groups in total. The van der Waals surface area contributed by atoms with E-state index in [1.165, 1.54) is 25.7 Å². The van der Waals surface area contributed by atoms with Gasteiger partial charge in [-0.3, -0.25) is 4.79 Å². The Balaban J connectivity index is 1.30. The fourth-order valence-electron chi connectivity index (χ4n) is 6.97. The van der Waals surface area contributed by atoms with Gasteiger partial charge in [-0.05, 0) is 93.4 Å². The first-order chi connectivity index (χ1) is 14.1. The van der Waals surface area contributed by atoms with E-state index in [1.807, 2.05) is 0 Å². The number of hydrogen-bond donors (Lipinski definition) is 4. The minimum Gasteiger partial charge on any atom is -0.427 e. The maximum Gasteiger partial charge on any atom is 0.454 e. The Hall–Kier alpha value is -0.625. The second kappa shape index (κ2) is 9.67. The molecular weight excluding hydrogens is 365 g/mol. The molecular formula is C22H40BN3O3. The Labute approximate surface area is 176 Å². The number of carbonyl (C=O) groups excluding carboxylic acids is 1. The predicted molar refractivity (Wildman–Crippen MR) is 115 cm³/mol. The summed E-state index contributed by atoms with van der Waals surface area (Å²) >= 11 is 0. The fourth-order valence-corrected chi connectivity index (χ4v) is 6.97. The summed E-state index contributed by atoms with van der Waals surface area (Å²) in [6.07, 6.45) is 11.2. The number of nitrogens with two attached hydrogens (primary N) is 1. The highest BCUT2D eigenvalue weighted by atomic mass is 16.4. The van der Waals surface area contributed by atoms with Gasteiger partial charge in [0.05, 0.1) is 6.04 Å². The zero-order valence-electron chi connectivity index (χ0n) is 17.8. The van der Waals surface area contributed by atoms with E-state index in [2.05, 4.69) is 10.2 Å². The molecule has 0 radical (unpaired) electrons. The SMILES string of the molecule is NCC1CCCC(C2CCN(C(=O)C3NCCC4CC(B(O)O)CCC43)CC2)C1. The number of hydrogen-bond acceptors (Lipinski definition) is 5. The summed E-state index contributed by atoms with van der Waals surface area (Å²) in [5.74, 6) is 3.36. The number of fused-ring (bicyclic) bond motifs is 1. The summed E-state index contributed by atoms with van der Waals surface area (Å²) in [7, 11) is -1.21. The molecule has 1 amide bonds. The van der Waals surface area contributed by atoms with Crippen LogP contribution >= 0.6 is 0 Å². The summed E-state index contributed by atoms with van der Waals surface area (Å²) in [6, 6.07) is -0.0709. The molecule has 164 valence electrons. The Morgan fingerprint density at radius 2 is 1.76 bits per heavy atom. The molecule has 4 aliphatic rings. The van der Waals surface area contributed by atoms with Gasteiger partial charge in [-0.2, -0.15) is 0 Å². The van der Waals surface area contributed by atoms with E-state index in [0.717, 1.165) is 76.5 Å². The van der Waals surface area contributed by atoms with E-state index >= 15 is 0 Å². The highest BCUT2D eigenvalue weighted by molar-refractivity contribution is 6.43. The molecule has 0 spiro atoms. The Morgan fingerprint density at radius 3 is 2.48 bits per heavy atom. The van der Waals surface area contributed by atoms with Crippen molar-refractivity contribution in [1.29, 1.82) is 0 Å². The third-order valence-electron chi connectivity index (χ3n) is 8.75. The largest absolute Gasteiger partial charge is 0.454 e. The van der Waals surface area contributed by atoms with Gasteiger partial charge >= 0.3 is 7.12 Å². The summed E-state index contributed by atoms with van der Waals surface area (Å²) < 4.78 is 0. The van der Waals surface area contributed by atoms with Gasteiger partial charge in [0.1, 0.15) is 0 Å². The molecule has 0 aromatic heterocycles. The lowest BCUT2D eigenvalue weighted by Crippen LogP contribution is -2.58. The van der Waals surface area contributed by atoms with Crippen LogP contribution in [0.1, 0.15) is 64.2 Å². The maximum atomic E-state index is 13.4. The van der Waals surface area contributed by atoms with E-state index < -0.39 is 7.12 Å². The predicted octanol–water partition coefficient (Wildman–Crippen LogP) is 1.61. The topological polar surface area (TPSA) is 98.8 Å². The van der Waals surface area contributed by atoms with Crippen molar-refractivity contribution < 1.29 is 14.8 Å². The van der Waals surface area contributed by atoms with Crippen molar-refractivity contribution in [2.45, 2.75) is 76.1 Å². The van der Waals surface area contributed by atoms with Crippen LogP contribution < -0.4 is 11.1 Å².